The Morgan fingerprint density at radius 2 is 1.90 bits per heavy atom. The maximum atomic E-state index is 13.3. The molecule has 0 aliphatic carbocycles. The molecular weight excluding hydrogens is 400 g/mol. The molecule has 1 heterocycles. The summed E-state index contributed by atoms with van der Waals surface area (Å²) in [7, 11) is 0. The Labute approximate surface area is 184 Å². The molecule has 2 atom stereocenters. The van der Waals surface area contributed by atoms with Crippen molar-refractivity contribution in [2.24, 2.45) is 5.73 Å². The van der Waals surface area contributed by atoms with Crippen molar-refractivity contribution in [1.29, 1.82) is 0 Å². The summed E-state index contributed by atoms with van der Waals surface area (Å²) in [5.74, 6) is 0.0121. The molecule has 3 amide bonds. The lowest BCUT2D eigenvalue weighted by Crippen LogP contribution is -2.49. The highest BCUT2D eigenvalue weighted by Crippen LogP contribution is 2.27. The molecular formula is C23H31ClN4O2. The predicted molar refractivity (Wildman–Crippen MR) is 122 cm³/mol. The molecule has 0 radical (unpaired) electrons. The molecule has 3 rings (SSSR count). The molecule has 4 N–H and O–H groups in total. The van der Waals surface area contributed by atoms with E-state index in [1.54, 1.807) is 0 Å². The van der Waals surface area contributed by atoms with Crippen LogP contribution in [0.1, 0.15) is 47.7 Å². The van der Waals surface area contributed by atoms with Gasteiger partial charge in [-0.15, -0.1) is 12.4 Å². The maximum absolute atomic E-state index is 13.3. The van der Waals surface area contributed by atoms with Gasteiger partial charge in [0, 0.05) is 19.6 Å². The second kappa shape index (κ2) is 11.0. The second-order valence-corrected chi connectivity index (χ2v) is 7.52. The van der Waals surface area contributed by atoms with E-state index in [2.05, 4.69) is 41.8 Å². The van der Waals surface area contributed by atoms with Crippen LogP contribution in [0.4, 0.5) is 4.79 Å². The van der Waals surface area contributed by atoms with Gasteiger partial charge in [0.2, 0.25) is 5.91 Å². The number of nitrogens with one attached hydrogen (secondary N) is 2. The van der Waals surface area contributed by atoms with Gasteiger partial charge in [0.05, 0.1) is 18.5 Å². The lowest BCUT2D eigenvalue weighted by atomic mass is 9.96. The zero-order valence-electron chi connectivity index (χ0n) is 17.6. The van der Waals surface area contributed by atoms with Crippen molar-refractivity contribution in [1.82, 2.24) is 15.5 Å². The van der Waals surface area contributed by atoms with Crippen LogP contribution in [-0.4, -0.2) is 36.5 Å². The first-order valence-electron chi connectivity index (χ1n) is 10.2. The van der Waals surface area contributed by atoms with Crippen LogP contribution in [0.25, 0.3) is 0 Å². The number of carbonyl (C=O) groups excluding carboxylic acids is 2. The minimum atomic E-state index is -0.627. The normalized spacial score (nSPS) is 17.0. The summed E-state index contributed by atoms with van der Waals surface area (Å²) < 4.78 is 0. The quantitative estimate of drug-likeness (QED) is 0.657. The number of rotatable bonds is 6. The Balaban J connectivity index is 0.00000320. The summed E-state index contributed by atoms with van der Waals surface area (Å²) in [6, 6.07) is 15.1. The molecule has 30 heavy (non-hydrogen) atoms. The smallest absolute Gasteiger partial charge is 0.312 e. The van der Waals surface area contributed by atoms with Gasteiger partial charge in [-0.25, -0.2) is 4.79 Å². The van der Waals surface area contributed by atoms with Crippen LogP contribution in [0.5, 0.6) is 0 Å². The van der Waals surface area contributed by atoms with Crippen LogP contribution in [0, 0.1) is 6.92 Å². The van der Waals surface area contributed by atoms with Crippen LogP contribution < -0.4 is 16.4 Å². The third-order valence-corrected chi connectivity index (χ3v) is 5.60. The fourth-order valence-electron chi connectivity index (χ4n) is 3.96. The van der Waals surface area contributed by atoms with Crippen molar-refractivity contribution in [2.45, 2.75) is 38.8 Å². The summed E-state index contributed by atoms with van der Waals surface area (Å²) in [6.45, 7) is 6.21. The fourth-order valence-corrected chi connectivity index (χ4v) is 3.96. The zero-order chi connectivity index (χ0) is 20.8. The third-order valence-electron chi connectivity index (χ3n) is 5.60. The lowest BCUT2D eigenvalue weighted by Gasteiger charge is -2.37. The number of hydrogen-bond donors (Lipinski definition) is 3. The highest BCUT2D eigenvalue weighted by atomic mass is 35.5. The van der Waals surface area contributed by atoms with E-state index in [1.807, 2.05) is 36.1 Å². The highest BCUT2D eigenvalue weighted by Gasteiger charge is 2.30. The van der Waals surface area contributed by atoms with Gasteiger partial charge in [0.15, 0.2) is 0 Å². The number of hydrogen-bond acceptors (Lipinski definition) is 3. The summed E-state index contributed by atoms with van der Waals surface area (Å²) in [5, 5.41) is 6.14. The van der Waals surface area contributed by atoms with Crippen LogP contribution >= 0.6 is 12.4 Å². The number of amides is 3. The van der Waals surface area contributed by atoms with Gasteiger partial charge in [-0.1, -0.05) is 55.5 Å². The molecule has 2 aromatic rings. The van der Waals surface area contributed by atoms with Gasteiger partial charge in [0.25, 0.3) is 0 Å². The summed E-state index contributed by atoms with van der Waals surface area (Å²) in [6.07, 6.45) is 1.17. The molecule has 1 aliphatic rings. The highest BCUT2D eigenvalue weighted by molar-refractivity contribution is 5.85. The minimum absolute atomic E-state index is 0. The topological polar surface area (TPSA) is 87.5 Å². The van der Waals surface area contributed by atoms with E-state index in [1.165, 1.54) is 5.56 Å². The Kier molecular flexibility index (Phi) is 8.69. The lowest BCUT2D eigenvalue weighted by molar-refractivity contribution is -0.135. The zero-order valence-corrected chi connectivity index (χ0v) is 18.4. The van der Waals surface area contributed by atoms with Gasteiger partial charge < -0.3 is 21.3 Å². The number of piperazine rings is 1. The minimum Gasteiger partial charge on any atom is -0.352 e. The van der Waals surface area contributed by atoms with Crippen molar-refractivity contribution < 1.29 is 9.59 Å². The molecule has 2 aromatic carbocycles. The third kappa shape index (κ3) is 5.74. The molecule has 2 unspecified atom stereocenters. The molecule has 0 bridgehead atoms. The maximum Gasteiger partial charge on any atom is 0.312 e. The van der Waals surface area contributed by atoms with Crippen LogP contribution in [0.15, 0.2) is 48.5 Å². The van der Waals surface area contributed by atoms with Crippen molar-refractivity contribution in [3.8, 4) is 0 Å². The van der Waals surface area contributed by atoms with E-state index in [0.29, 0.717) is 6.54 Å². The summed E-state index contributed by atoms with van der Waals surface area (Å²) in [4.78, 5) is 26.8. The average Bonchev–Trinajstić information content (AvgIpc) is 2.73. The van der Waals surface area contributed by atoms with E-state index < -0.39 is 12.1 Å². The molecule has 1 fully saturated rings. The number of primary amides is 1. The van der Waals surface area contributed by atoms with Crippen molar-refractivity contribution in [3.05, 3.63) is 70.8 Å². The van der Waals surface area contributed by atoms with Gasteiger partial charge in [-0.05, 0) is 35.6 Å². The number of nitrogens with zero attached hydrogens (tertiary/aromatic N) is 1. The first-order chi connectivity index (χ1) is 14.0. The Hall–Kier alpha value is -2.57. The molecule has 7 heteroatoms. The predicted octanol–water partition coefficient (Wildman–Crippen LogP) is 3.25. The first kappa shape index (κ1) is 23.7. The largest absolute Gasteiger partial charge is 0.352 e. The number of urea groups is 1. The average molecular weight is 431 g/mol. The Bertz CT molecular complexity index is 857. The molecule has 0 saturated carbocycles. The van der Waals surface area contributed by atoms with Crippen LogP contribution in [-0.2, 0) is 11.2 Å². The number of halogens is 1. The molecule has 1 aliphatic heterocycles. The number of benzene rings is 2. The number of nitrogens with two attached hydrogens (primary N) is 1. The van der Waals surface area contributed by atoms with Gasteiger partial charge in [-0.3, -0.25) is 4.79 Å². The summed E-state index contributed by atoms with van der Waals surface area (Å²) in [5.41, 5.74) is 9.73. The monoisotopic (exact) mass is 430 g/mol. The van der Waals surface area contributed by atoms with E-state index in [0.717, 1.165) is 36.2 Å². The van der Waals surface area contributed by atoms with E-state index in [4.69, 9.17) is 5.73 Å². The van der Waals surface area contributed by atoms with Crippen LogP contribution in [0.2, 0.25) is 0 Å². The first-order valence-corrected chi connectivity index (χ1v) is 10.2. The fraction of sp³-hybridized carbons (Fsp3) is 0.391. The standard InChI is InChI=1S/C23H30N4O2.ClH/c1-3-17-8-10-18(11-9-17)21-15-25-12-13-27(21)22(28)14-20(26-23(24)29)19-7-5-4-6-16(19)2;/h4-11,20-21,25H,3,12-15H2,1-2H3,(H3,24,26,29);1H. The molecule has 0 spiro atoms. The molecule has 0 aromatic heterocycles. The molecule has 162 valence electrons. The molecule has 6 nitrogen and oxygen atoms in total. The summed E-state index contributed by atoms with van der Waals surface area (Å²) >= 11 is 0. The number of aryl methyl sites for hydroxylation is 2. The number of carbonyl (C=O) groups is 2. The molecule has 1 saturated heterocycles. The Morgan fingerprint density at radius 3 is 2.53 bits per heavy atom. The van der Waals surface area contributed by atoms with Crippen molar-refractivity contribution in [3.63, 3.8) is 0 Å². The van der Waals surface area contributed by atoms with E-state index >= 15 is 0 Å². The second-order valence-electron chi connectivity index (χ2n) is 7.52. The van der Waals surface area contributed by atoms with Crippen molar-refractivity contribution in [2.75, 3.05) is 19.6 Å². The van der Waals surface area contributed by atoms with Crippen LogP contribution in [0.3, 0.4) is 0 Å². The Morgan fingerprint density at radius 1 is 1.20 bits per heavy atom. The van der Waals surface area contributed by atoms with E-state index in [9.17, 15) is 9.59 Å². The van der Waals surface area contributed by atoms with Gasteiger partial charge >= 0.3 is 6.03 Å². The van der Waals surface area contributed by atoms with Gasteiger partial charge in [0.1, 0.15) is 0 Å². The van der Waals surface area contributed by atoms with Gasteiger partial charge in [-0.2, -0.15) is 0 Å². The van der Waals surface area contributed by atoms with E-state index in [-0.39, 0.29) is 30.8 Å². The van der Waals surface area contributed by atoms with Crippen molar-refractivity contribution >= 4 is 24.3 Å². The SMILES string of the molecule is CCc1ccc(C2CNCCN2C(=O)CC(NC(N)=O)c2ccccc2C)cc1.Cl.